The van der Waals surface area contributed by atoms with E-state index in [2.05, 4.69) is 4.98 Å². The van der Waals surface area contributed by atoms with Gasteiger partial charge in [0.2, 0.25) is 10.0 Å². The first-order chi connectivity index (χ1) is 8.04. The number of aromatic carboxylic acids is 1. The van der Waals surface area contributed by atoms with E-state index in [4.69, 9.17) is 5.11 Å². The van der Waals surface area contributed by atoms with Crippen LogP contribution in [0.1, 0.15) is 17.4 Å². The number of hydrogen-bond acceptors (Lipinski definition) is 3. The van der Waals surface area contributed by atoms with Crippen LogP contribution in [0, 0.1) is 0 Å². The lowest BCUT2D eigenvalue weighted by atomic mass is 10.4. The Morgan fingerprint density at radius 1 is 1.50 bits per heavy atom. The van der Waals surface area contributed by atoms with Crippen molar-refractivity contribution in [2.75, 3.05) is 0 Å². The number of aromatic nitrogens is 1. The van der Waals surface area contributed by atoms with Gasteiger partial charge in [0.1, 0.15) is 16.6 Å². The van der Waals surface area contributed by atoms with Crippen LogP contribution in [-0.2, 0) is 10.0 Å². The summed E-state index contributed by atoms with van der Waals surface area (Å²) in [4.78, 5) is 12.0. The van der Waals surface area contributed by atoms with Crippen molar-refractivity contribution in [1.82, 2.24) is 9.71 Å². The molecule has 0 aliphatic heterocycles. The van der Waals surface area contributed by atoms with E-state index in [9.17, 15) is 26.4 Å². The van der Waals surface area contributed by atoms with E-state index in [1.807, 2.05) is 0 Å². The molecule has 10 heteroatoms. The molecule has 0 saturated heterocycles. The monoisotopic (exact) mass is 286 g/mol. The minimum absolute atomic E-state index is 0.435. The molecule has 0 unspecified atom stereocenters. The van der Waals surface area contributed by atoms with Gasteiger partial charge in [-0.2, -0.15) is 17.9 Å². The number of halogens is 3. The molecule has 1 aromatic heterocycles. The van der Waals surface area contributed by atoms with Crippen LogP contribution in [0.5, 0.6) is 0 Å². The highest BCUT2D eigenvalue weighted by molar-refractivity contribution is 7.89. The normalized spacial score (nSPS) is 14.4. The Morgan fingerprint density at radius 2 is 2.06 bits per heavy atom. The Labute approximate surface area is 99.9 Å². The second-order valence-corrected chi connectivity index (χ2v) is 5.15. The van der Waals surface area contributed by atoms with Crippen molar-refractivity contribution >= 4 is 16.0 Å². The summed E-state index contributed by atoms with van der Waals surface area (Å²) in [6.45, 7) is 0.641. The molecule has 0 bridgehead atoms. The van der Waals surface area contributed by atoms with Gasteiger partial charge < -0.3 is 10.1 Å². The van der Waals surface area contributed by atoms with Crippen molar-refractivity contribution in [3.63, 3.8) is 0 Å². The highest BCUT2D eigenvalue weighted by Gasteiger charge is 2.39. The SMILES string of the molecule is C[C@@H](NS(=O)(=O)c1c[nH]c(C(=O)O)c1)C(F)(F)F. The second kappa shape index (κ2) is 4.61. The number of sulfonamides is 1. The third-order valence-corrected chi connectivity index (χ3v) is 3.54. The average molecular weight is 286 g/mol. The third kappa shape index (κ3) is 3.23. The second-order valence-electron chi connectivity index (χ2n) is 3.44. The standard InChI is InChI=1S/C8H9F3N2O4S/c1-4(8(9,10)11)13-18(16,17)5-2-6(7(14)15)12-3-5/h2-4,12-13H,1H3,(H,14,15)/t4-/m1/s1. The number of carboxylic acids is 1. The van der Waals surface area contributed by atoms with Crippen LogP contribution < -0.4 is 4.72 Å². The molecule has 1 heterocycles. The number of nitrogens with one attached hydrogen (secondary N) is 2. The summed E-state index contributed by atoms with van der Waals surface area (Å²) >= 11 is 0. The summed E-state index contributed by atoms with van der Waals surface area (Å²) in [5.41, 5.74) is -0.435. The van der Waals surface area contributed by atoms with E-state index in [0.29, 0.717) is 6.92 Å². The molecule has 3 N–H and O–H groups in total. The van der Waals surface area contributed by atoms with Gasteiger partial charge in [-0.3, -0.25) is 0 Å². The Hall–Kier alpha value is -1.55. The van der Waals surface area contributed by atoms with E-state index in [-0.39, 0.29) is 0 Å². The number of rotatable bonds is 4. The van der Waals surface area contributed by atoms with Crippen molar-refractivity contribution in [2.24, 2.45) is 0 Å². The Morgan fingerprint density at radius 3 is 2.44 bits per heavy atom. The maximum absolute atomic E-state index is 12.2. The highest BCUT2D eigenvalue weighted by atomic mass is 32.2. The summed E-state index contributed by atoms with van der Waals surface area (Å²) < 4.78 is 61.0. The van der Waals surface area contributed by atoms with Crippen LogP contribution >= 0.6 is 0 Å². The lowest BCUT2D eigenvalue weighted by Gasteiger charge is -2.16. The molecular formula is C8H9F3N2O4S. The molecule has 0 aliphatic rings. The zero-order valence-electron chi connectivity index (χ0n) is 8.95. The maximum atomic E-state index is 12.2. The molecule has 0 spiro atoms. The van der Waals surface area contributed by atoms with E-state index in [1.165, 1.54) is 4.72 Å². The Balaban J connectivity index is 2.96. The zero-order valence-corrected chi connectivity index (χ0v) is 9.76. The van der Waals surface area contributed by atoms with Crippen LogP contribution in [0.15, 0.2) is 17.2 Å². The Bertz CT molecular complexity index is 549. The molecule has 18 heavy (non-hydrogen) atoms. The lowest BCUT2D eigenvalue weighted by molar-refractivity contribution is -0.147. The molecule has 1 atom stereocenters. The van der Waals surface area contributed by atoms with E-state index in [1.54, 1.807) is 0 Å². The molecule has 1 rings (SSSR count). The number of H-pyrrole nitrogens is 1. The molecule has 1 aromatic rings. The largest absolute Gasteiger partial charge is 0.477 e. The van der Waals surface area contributed by atoms with Gasteiger partial charge in [-0.25, -0.2) is 13.2 Å². The number of alkyl halides is 3. The maximum Gasteiger partial charge on any atom is 0.404 e. The van der Waals surface area contributed by atoms with Gasteiger partial charge in [0.15, 0.2) is 0 Å². The predicted molar refractivity (Wildman–Crippen MR) is 53.6 cm³/mol. The molecule has 0 amide bonds. The van der Waals surface area contributed by atoms with E-state index < -0.39 is 38.8 Å². The molecular weight excluding hydrogens is 277 g/mol. The van der Waals surface area contributed by atoms with Crippen LogP contribution in [0.4, 0.5) is 13.2 Å². The fraction of sp³-hybridized carbons (Fsp3) is 0.375. The van der Waals surface area contributed by atoms with Crippen molar-refractivity contribution < 1.29 is 31.5 Å². The van der Waals surface area contributed by atoms with Crippen molar-refractivity contribution in [2.45, 2.75) is 24.0 Å². The van der Waals surface area contributed by atoms with Gasteiger partial charge >= 0.3 is 12.1 Å². The van der Waals surface area contributed by atoms with Crippen LogP contribution in [0.25, 0.3) is 0 Å². The number of hydrogen-bond donors (Lipinski definition) is 3. The van der Waals surface area contributed by atoms with Gasteiger partial charge in [-0.1, -0.05) is 0 Å². The van der Waals surface area contributed by atoms with E-state index in [0.717, 1.165) is 12.3 Å². The van der Waals surface area contributed by atoms with Gasteiger partial charge in [-0.15, -0.1) is 0 Å². The number of aromatic amines is 1. The van der Waals surface area contributed by atoms with Crippen LogP contribution in [0.3, 0.4) is 0 Å². The Kier molecular flexibility index (Phi) is 3.72. The molecule has 0 fully saturated rings. The minimum Gasteiger partial charge on any atom is -0.477 e. The predicted octanol–water partition coefficient (Wildman–Crippen LogP) is 0.942. The molecule has 0 aliphatic carbocycles. The van der Waals surface area contributed by atoms with Gasteiger partial charge in [0, 0.05) is 6.20 Å². The smallest absolute Gasteiger partial charge is 0.404 e. The lowest BCUT2D eigenvalue weighted by Crippen LogP contribution is -2.42. The van der Waals surface area contributed by atoms with Gasteiger partial charge in [0.05, 0.1) is 0 Å². The molecule has 0 radical (unpaired) electrons. The average Bonchev–Trinajstić information content (AvgIpc) is 2.64. The van der Waals surface area contributed by atoms with Crippen molar-refractivity contribution in [1.29, 1.82) is 0 Å². The molecule has 0 saturated carbocycles. The first-order valence-electron chi connectivity index (χ1n) is 4.55. The third-order valence-electron chi connectivity index (χ3n) is 2.02. The van der Waals surface area contributed by atoms with Gasteiger partial charge in [-0.05, 0) is 13.0 Å². The fourth-order valence-corrected chi connectivity index (χ4v) is 2.24. The van der Waals surface area contributed by atoms with Gasteiger partial charge in [0.25, 0.3) is 0 Å². The van der Waals surface area contributed by atoms with Crippen LogP contribution in [0.2, 0.25) is 0 Å². The first kappa shape index (κ1) is 14.5. The van der Waals surface area contributed by atoms with Crippen molar-refractivity contribution in [3.8, 4) is 0 Å². The molecule has 6 nitrogen and oxygen atoms in total. The van der Waals surface area contributed by atoms with E-state index >= 15 is 0 Å². The quantitative estimate of drug-likeness (QED) is 0.767. The summed E-state index contributed by atoms with van der Waals surface area (Å²) in [6, 6.07) is -1.54. The first-order valence-corrected chi connectivity index (χ1v) is 6.03. The topological polar surface area (TPSA) is 99.3 Å². The minimum atomic E-state index is -4.72. The fourth-order valence-electron chi connectivity index (χ4n) is 1.02. The number of carbonyl (C=O) groups is 1. The van der Waals surface area contributed by atoms with Crippen molar-refractivity contribution in [3.05, 3.63) is 18.0 Å². The summed E-state index contributed by atoms with van der Waals surface area (Å²) in [7, 11) is -4.42. The highest BCUT2D eigenvalue weighted by Crippen LogP contribution is 2.21. The molecule has 0 aromatic carbocycles. The zero-order chi connectivity index (χ0) is 14.1. The van der Waals surface area contributed by atoms with Crippen LogP contribution in [-0.4, -0.2) is 36.7 Å². The summed E-state index contributed by atoms with van der Waals surface area (Å²) in [6.07, 6.45) is -3.92. The number of carboxylic acid groups (broad SMARTS) is 1. The summed E-state index contributed by atoms with van der Waals surface area (Å²) in [5, 5.41) is 8.55. The molecule has 102 valence electrons. The summed E-state index contributed by atoms with van der Waals surface area (Å²) in [5.74, 6) is -1.42.